The number of ether oxygens (including phenoxy) is 5. The molecule has 0 radical (unpaired) electrons. The van der Waals surface area contributed by atoms with Gasteiger partial charge in [-0.05, 0) is 78.4 Å². The summed E-state index contributed by atoms with van der Waals surface area (Å²) in [5, 5.41) is 6.79. The number of hydrogen-bond acceptors (Lipinski definition) is 9. The van der Waals surface area contributed by atoms with E-state index < -0.39 is 11.9 Å². The Balaban J connectivity index is 1.40. The molecular formula is C32H28BrN3O8. The number of halogens is 1. The van der Waals surface area contributed by atoms with Gasteiger partial charge in [0.25, 0.3) is 11.8 Å². The summed E-state index contributed by atoms with van der Waals surface area (Å²) in [6, 6.07) is 21.1. The van der Waals surface area contributed by atoms with Gasteiger partial charge in [-0.25, -0.2) is 10.2 Å². The molecule has 4 rings (SSSR count). The van der Waals surface area contributed by atoms with Crippen molar-refractivity contribution in [1.29, 1.82) is 0 Å². The predicted molar refractivity (Wildman–Crippen MR) is 168 cm³/mol. The summed E-state index contributed by atoms with van der Waals surface area (Å²) in [5.41, 5.74) is 4.41. The SMILES string of the molecule is COc1cc(C=NNC(=O)c2cccc(NC(=O)c3ccc(Br)cc3)c2)ccc1OC(=O)c1cc(OC)c(OC)c(OC)c1. The van der Waals surface area contributed by atoms with E-state index in [1.807, 2.05) is 0 Å². The average molecular weight is 662 g/mol. The first-order valence-corrected chi connectivity index (χ1v) is 13.8. The molecule has 0 unspecified atom stereocenters. The standard InChI is InChI=1S/C32H28BrN3O8/c1-40-26-14-19(8-13-25(26)44-32(39)22-16-27(41-2)29(43-4)28(17-22)42-3)18-34-36-31(38)21-6-5-7-24(15-21)35-30(37)20-9-11-23(33)12-10-20/h5-18H,1-4H3,(H,35,37)(H,36,38). The summed E-state index contributed by atoms with van der Waals surface area (Å²) >= 11 is 3.34. The zero-order valence-corrected chi connectivity index (χ0v) is 25.8. The van der Waals surface area contributed by atoms with E-state index in [1.165, 1.54) is 52.9 Å². The van der Waals surface area contributed by atoms with Crippen LogP contribution in [0.3, 0.4) is 0 Å². The number of hydrogen-bond donors (Lipinski definition) is 2. The maximum Gasteiger partial charge on any atom is 0.343 e. The van der Waals surface area contributed by atoms with Gasteiger partial charge in [0, 0.05) is 21.3 Å². The fourth-order valence-electron chi connectivity index (χ4n) is 3.98. The summed E-state index contributed by atoms with van der Waals surface area (Å²) < 4.78 is 27.7. The van der Waals surface area contributed by atoms with Crippen LogP contribution in [0.1, 0.15) is 36.6 Å². The zero-order chi connectivity index (χ0) is 31.6. The maximum absolute atomic E-state index is 12.9. The minimum atomic E-state index is -0.675. The van der Waals surface area contributed by atoms with Gasteiger partial charge in [-0.3, -0.25) is 9.59 Å². The van der Waals surface area contributed by atoms with Crippen LogP contribution in [0.4, 0.5) is 5.69 Å². The minimum absolute atomic E-state index is 0.162. The number of esters is 1. The van der Waals surface area contributed by atoms with Crippen LogP contribution in [0.15, 0.2) is 88.4 Å². The molecule has 4 aromatic rings. The second kappa shape index (κ2) is 14.7. The highest BCUT2D eigenvalue weighted by atomic mass is 79.9. The van der Waals surface area contributed by atoms with Crippen LogP contribution in [0, 0.1) is 0 Å². The zero-order valence-electron chi connectivity index (χ0n) is 24.2. The van der Waals surface area contributed by atoms with Crippen LogP contribution in [-0.2, 0) is 0 Å². The fourth-order valence-corrected chi connectivity index (χ4v) is 4.24. The highest BCUT2D eigenvalue weighted by Gasteiger charge is 2.20. The van der Waals surface area contributed by atoms with Gasteiger partial charge >= 0.3 is 5.97 Å². The lowest BCUT2D eigenvalue weighted by Crippen LogP contribution is -2.18. The van der Waals surface area contributed by atoms with Crippen molar-refractivity contribution in [2.75, 3.05) is 33.8 Å². The number of carbonyl (C=O) groups excluding carboxylic acids is 3. The van der Waals surface area contributed by atoms with Crippen molar-refractivity contribution in [3.8, 4) is 28.7 Å². The number of carbonyl (C=O) groups is 3. The molecule has 4 aromatic carbocycles. The fraction of sp³-hybridized carbons (Fsp3) is 0.125. The second-order valence-electron chi connectivity index (χ2n) is 8.95. The van der Waals surface area contributed by atoms with E-state index in [0.717, 1.165) is 4.47 Å². The van der Waals surface area contributed by atoms with Gasteiger partial charge in [-0.15, -0.1) is 0 Å². The number of methoxy groups -OCH3 is 4. The number of hydrazone groups is 1. The van der Waals surface area contributed by atoms with Crippen molar-refractivity contribution in [3.05, 3.63) is 106 Å². The van der Waals surface area contributed by atoms with E-state index in [-0.39, 0.29) is 23.0 Å². The highest BCUT2D eigenvalue weighted by Crippen LogP contribution is 2.39. The summed E-state index contributed by atoms with van der Waals surface area (Å²) in [6.45, 7) is 0. The molecule has 0 spiro atoms. The Bertz CT molecular complexity index is 1680. The summed E-state index contributed by atoms with van der Waals surface area (Å²) in [7, 11) is 5.78. The second-order valence-corrected chi connectivity index (χ2v) is 9.87. The van der Waals surface area contributed by atoms with Gasteiger partial charge in [-0.2, -0.15) is 5.10 Å². The molecule has 2 N–H and O–H groups in total. The molecule has 0 heterocycles. The third-order valence-electron chi connectivity index (χ3n) is 6.16. The molecule has 0 fully saturated rings. The van der Waals surface area contributed by atoms with Crippen molar-refractivity contribution in [2.45, 2.75) is 0 Å². The van der Waals surface area contributed by atoms with Crippen molar-refractivity contribution in [3.63, 3.8) is 0 Å². The monoisotopic (exact) mass is 661 g/mol. The topological polar surface area (TPSA) is 134 Å². The van der Waals surface area contributed by atoms with Crippen molar-refractivity contribution >= 4 is 45.6 Å². The van der Waals surface area contributed by atoms with Crippen LogP contribution in [0.5, 0.6) is 28.7 Å². The van der Waals surface area contributed by atoms with Gasteiger partial charge in [0.15, 0.2) is 23.0 Å². The first-order chi connectivity index (χ1) is 21.3. The van der Waals surface area contributed by atoms with Gasteiger partial charge in [0.05, 0.1) is 40.2 Å². The Hall–Kier alpha value is -5.36. The summed E-state index contributed by atoms with van der Waals surface area (Å²) in [5.74, 6) is -0.0937. The molecule has 0 saturated carbocycles. The van der Waals surface area contributed by atoms with Gasteiger partial charge in [-0.1, -0.05) is 22.0 Å². The molecule has 0 atom stereocenters. The van der Waals surface area contributed by atoms with E-state index in [9.17, 15) is 14.4 Å². The van der Waals surface area contributed by atoms with Crippen LogP contribution in [0.25, 0.3) is 0 Å². The van der Waals surface area contributed by atoms with E-state index in [2.05, 4.69) is 31.8 Å². The van der Waals surface area contributed by atoms with Gasteiger partial charge < -0.3 is 29.0 Å². The lowest BCUT2D eigenvalue weighted by Gasteiger charge is -2.14. The Morgan fingerprint density at radius 2 is 1.36 bits per heavy atom. The largest absolute Gasteiger partial charge is 0.493 e. The van der Waals surface area contributed by atoms with Gasteiger partial charge in [0.1, 0.15) is 0 Å². The predicted octanol–water partition coefficient (Wildman–Crippen LogP) is 5.72. The molecule has 0 aliphatic carbocycles. The molecule has 0 aromatic heterocycles. The maximum atomic E-state index is 12.9. The van der Waals surface area contributed by atoms with Crippen LogP contribution in [-0.4, -0.2) is 52.4 Å². The first kappa shape index (κ1) is 31.6. The van der Waals surface area contributed by atoms with Crippen LogP contribution in [0.2, 0.25) is 0 Å². The van der Waals surface area contributed by atoms with Crippen molar-refractivity contribution in [1.82, 2.24) is 5.43 Å². The number of anilines is 1. The Morgan fingerprint density at radius 3 is 2.00 bits per heavy atom. The summed E-state index contributed by atoms with van der Waals surface area (Å²) in [4.78, 5) is 38.1. The molecule has 0 aliphatic heterocycles. The molecule has 0 bridgehead atoms. The molecule has 11 nitrogen and oxygen atoms in total. The molecule has 12 heteroatoms. The number of benzene rings is 4. The minimum Gasteiger partial charge on any atom is -0.493 e. The van der Waals surface area contributed by atoms with Crippen molar-refractivity contribution < 1.29 is 38.1 Å². The molecular weight excluding hydrogens is 634 g/mol. The van der Waals surface area contributed by atoms with Crippen molar-refractivity contribution in [2.24, 2.45) is 5.10 Å². The Morgan fingerprint density at radius 1 is 0.682 bits per heavy atom. The van der Waals surface area contributed by atoms with Gasteiger partial charge in [0.2, 0.25) is 5.75 Å². The normalized spacial score (nSPS) is 10.6. The van der Waals surface area contributed by atoms with E-state index in [0.29, 0.717) is 39.6 Å². The molecule has 0 aliphatic rings. The molecule has 2 amide bonds. The smallest absolute Gasteiger partial charge is 0.343 e. The first-order valence-electron chi connectivity index (χ1n) is 13.0. The molecule has 226 valence electrons. The quantitative estimate of drug-likeness (QED) is 0.0902. The summed E-state index contributed by atoms with van der Waals surface area (Å²) in [6.07, 6.45) is 1.41. The van der Waals surface area contributed by atoms with E-state index >= 15 is 0 Å². The molecule has 0 saturated heterocycles. The Kier molecular flexibility index (Phi) is 10.5. The molecule has 44 heavy (non-hydrogen) atoms. The third kappa shape index (κ3) is 7.72. The van der Waals surface area contributed by atoms with Crippen LogP contribution >= 0.6 is 15.9 Å². The lowest BCUT2D eigenvalue weighted by atomic mass is 10.1. The average Bonchev–Trinajstić information content (AvgIpc) is 3.04. The Labute approximate surface area is 261 Å². The van der Waals surface area contributed by atoms with E-state index in [1.54, 1.807) is 60.7 Å². The number of nitrogens with zero attached hydrogens (tertiary/aromatic N) is 1. The number of amides is 2. The highest BCUT2D eigenvalue weighted by molar-refractivity contribution is 9.10. The van der Waals surface area contributed by atoms with E-state index in [4.69, 9.17) is 23.7 Å². The van der Waals surface area contributed by atoms with Crippen LogP contribution < -0.4 is 34.4 Å². The lowest BCUT2D eigenvalue weighted by molar-refractivity contribution is 0.0728. The number of rotatable bonds is 11. The third-order valence-corrected chi connectivity index (χ3v) is 6.69. The number of nitrogens with one attached hydrogen (secondary N) is 2.